The minimum atomic E-state index is -3.72. The molecule has 0 heterocycles. The average molecular weight is 481 g/mol. The molecule has 0 aliphatic carbocycles. The second-order valence-corrected chi connectivity index (χ2v) is 8.23. The van der Waals surface area contributed by atoms with Crippen LogP contribution in [0.5, 0.6) is 0 Å². The largest absolute Gasteiger partial charge is 0.322 e. The Bertz CT molecular complexity index is 856. The molecule has 0 spiro atoms. The fourth-order valence-corrected chi connectivity index (χ4v) is 3.55. The van der Waals surface area contributed by atoms with Crippen LogP contribution in [0.15, 0.2) is 47.4 Å². The number of halogens is 2. The molecule has 0 aliphatic rings. The zero-order valence-electron chi connectivity index (χ0n) is 12.8. The average Bonchev–Trinajstić information content (AvgIpc) is 2.56. The molecular weight excluding hydrogens is 467 g/mol. The summed E-state index contributed by atoms with van der Waals surface area (Å²) >= 11 is 7.96. The van der Waals surface area contributed by atoms with Gasteiger partial charge in [-0.05, 0) is 65.1 Å². The summed E-state index contributed by atoms with van der Waals surface area (Å²) in [5, 5.41) is 3.17. The number of sulfonamides is 1. The Morgan fingerprint density at radius 3 is 2.42 bits per heavy atom. The number of carbonyl (C=O) groups excluding carboxylic acids is 1. The van der Waals surface area contributed by atoms with E-state index < -0.39 is 10.0 Å². The van der Waals surface area contributed by atoms with E-state index in [1.54, 1.807) is 18.2 Å². The third-order valence-electron chi connectivity index (χ3n) is 3.18. The molecule has 0 aliphatic heterocycles. The fourth-order valence-electron chi connectivity index (χ4n) is 1.83. The van der Waals surface area contributed by atoms with Gasteiger partial charge in [-0.15, -0.1) is 0 Å². The van der Waals surface area contributed by atoms with Crippen molar-refractivity contribution >= 4 is 55.8 Å². The molecule has 0 fully saturated rings. The van der Waals surface area contributed by atoms with Gasteiger partial charge in [-0.1, -0.05) is 16.1 Å². The van der Waals surface area contributed by atoms with Crippen LogP contribution in [0, 0.1) is 3.57 Å². The van der Waals surface area contributed by atoms with Crippen molar-refractivity contribution in [1.29, 1.82) is 0 Å². The molecular formula is C15H14ClIN2O4S. The van der Waals surface area contributed by atoms with Crippen LogP contribution in [-0.4, -0.2) is 33.0 Å². The number of benzene rings is 2. The van der Waals surface area contributed by atoms with Crippen LogP contribution in [-0.2, 0) is 14.9 Å². The normalized spacial score (nSPS) is 11.5. The summed E-state index contributed by atoms with van der Waals surface area (Å²) in [5.74, 6) is -0.327. The van der Waals surface area contributed by atoms with Crippen molar-refractivity contribution in [2.24, 2.45) is 0 Å². The first-order chi connectivity index (χ1) is 11.3. The Labute approximate surface area is 158 Å². The zero-order chi connectivity index (χ0) is 17.9. The smallest absolute Gasteiger partial charge is 0.264 e. The molecule has 9 heteroatoms. The van der Waals surface area contributed by atoms with Crippen LogP contribution in [0.3, 0.4) is 0 Å². The highest BCUT2D eigenvalue weighted by Gasteiger charge is 2.20. The Morgan fingerprint density at radius 1 is 1.21 bits per heavy atom. The number of carbonyl (C=O) groups is 1. The molecule has 2 aromatic rings. The Balaban J connectivity index is 2.20. The van der Waals surface area contributed by atoms with Gasteiger partial charge in [0.15, 0.2) is 0 Å². The summed E-state index contributed by atoms with van der Waals surface area (Å²) in [4.78, 5) is 17.1. The predicted molar refractivity (Wildman–Crippen MR) is 101 cm³/mol. The molecule has 0 bridgehead atoms. The zero-order valence-corrected chi connectivity index (χ0v) is 16.5. The molecule has 2 aromatic carbocycles. The molecule has 24 heavy (non-hydrogen) atoms. The maximum absolute atomic E-state index is 12.3. The summed E-state index contributed by atoms with van der Waals surface area (Å²) in [7, 11) is -1.16. The molecule has 1 N–H and O–H groups in total. The quantitative estimate of drug-likeness (QED) is 0.526. The van der Waals surface area contributed by atoms with E-state index in [0.29, 0.717) is 16.3 Å². The molecule has 0 radical (unpaired) electrons. The van der Waals surface area contributed by atoms with E-state index in [-0.39, 0.29) is 10.8 Å². The Hall–Kier alpha value is -1.20. The molecule has 2 rings (SSSR count). The molecule has 1 amide bonds. The van der Waals surface area contributed by atoms with Gasteiger partial charge in [0.05, 0.1) is 17.6 Å². The highest BCUT2D eigenvalue weighted by Crippen LogP contribution is 2.21. The summed E-state index contributed by atoms with van der Waals surface area (Å²) in [6.07, 6.45) is 0. The van der Waals surface area contributed by atoms with Crippen LogP contribution in [0.4, 0.5) is 5.69 Å². The second-order valence-electron chi connectivity index (χ2n) is 4.70. The van der Waals surface area contributed by atoms with Crippen LogP contribution in [0.1, 0.15) is 10.4 Å². The van der Waals surface area contributed by atoms with Crippen molar-refractivity contribution in [3.05, 3.63) is 56.6 Å². The number of nitrogens with one attached hydrogen (secondary N) is 1. The predicted octanol–water partition coefficient (Wildman–Crippen LogP) is 3.38. The van der Waals surface area contributed by atoms with E-state index in [2.05, 4.69) is 5.32 Å². The van der Waals surface area contributed by atoms with E-state index in [9.17, 15) is 13.2 Å². The molecule has 6 nitrogen and oxygen atoms in total. The second kappa shape index (κ2) is 7.79. The summed E-state index contributed by atoms with van der Waals surface area (Å²) in [6.45, 7) is 0. The maximum atomic E-state index is 12.3. The van der Waals surface area contributed by atoms with Crippen LogP contribution >= 0.6 is 34.2 Å². The number of rotatable bonds is 5. The van der Waals surface area contributed by atoms with E-state index in [0.717, 1.165) is 8.04 Å². The van der Waals surface area contributed by atoms with Crippen molar-refractivity contribution in [3.8, 4) is 0 Å². The molecule has 0 unspecified atom stereocenters. The van der Waals surface area contributed by atoms with Gasteiger partial charge in [-0.25, -0.2) is 8.42 Å². The van der Waals surface area contributed by atoms with Crippen LogP contribution in [0.25, 0.3) is 0 Å². The minimum absolute atomic E-state index is 0.0576. The number of nitrogens with zero attached hydrogens (tertiary/aromatic N) is 1. The highest BCUT2D eigenvalue weighted by molar-refractivity contribution is 14.1. The standard InChI is InChI=1S/C15H14ClIN2O4S/c1-19(23-2)24(21,22)12-6-4-11(5-7-12)18-15(20)13-9-10(16)3-8-14(13)17/h3-9H,1-2H3,(H,18,20). The lowest BCUT2D eigenvalue weighted by molar-refractivity contribution is -0.0258. The van der Waals surface area contributed by atoms with Gasteiger partial charge < -0.3 is 5.32 Å². The minimum Gasteiger partial charge on any atom is -0.322 e. The third-order valence-corrected chi connectivity index (χ3v) is 6.05. The highest BCUT2D eigenvalue weighted by atomic mass is 127. The Kier molecular flexibility index (Phi) is 6.21. The van der Waals surface area contributed by atoms with Crippen LogP contribution in [0.2, 0.25) is 5.02 Å². The third kappa shape index (κ3) is 4.25. The van der Waals surface area contributed by atoms with Crippen LogP contribution < -0.4 is 5.32 Å². The monoisotopic (exact) mass is 480 g/mol. The van der Waals surface area contributed by atoms with Crippen molar-refractivity contribution < 1.29 is 18.0 Å². The SMILES string of the molecule is CON(C)S(=O)(=O)c1ccc(NC(=O)c2cc(Cl)ccc2I)cc1. The fraction of sp³-hybridized carbons (Fsp3) is 0.133. The van der Waals surface area contributed by atoms with Gasteiger partial charge in [-0.3, -0.25) is 9.63 Å². The number of hydroxylamine groups is 1. The van der Waals surface area contributed by atoms with Gasteiger partial charge in [0.2, 0.25) is 0 Å². The van der Waals surface area contributed by atoms with E-state index in [1.165, 1.54) is 38.4 Å². The van der Waals surface area contributed by atoms with Gasteiger partial charge in [0.1, 0.15) is 0 Å². The summed E-state index contributed by atoms with van der Waals surface area (Å²) in [6, 6.07) is 10.8. The van der Waals surface area contributed by atoms with Crippen molar-refractivity contribution in [3.63, 3.8) is 0 Å². The Morgan fingerprint density at radius 2 is 1.83 bits per heavy atom. The summed E-state index contributed by atoms with van der Waals surface area (Å²) < 4.78 is 25.7. The number of anilines is 1. The van der Waals surface area contributed by atoms with Crippen molar-refractivity contribution in [2.45, 2.75) is 4.90 Å². The first-order valence-corrected chi connectivity index (χ1v) is 9.55. The lowest BCUT2D eigenvalue weighted by atomic mass is 10.2. The molecule has 0 saturated heterocycles. The van der Waals surface area contributed by atoms with Gasteiger partial charge in [0.25, 0.3) is 15.9 Å². The molecule has 0 aromatic heterocycles. The number of amides is 1. The van der Waals surface area contributed by atoms with Gasteiger partial charge in [-0.2, -0.15) is 0 Å². The molecule has 0 atom stereocenters. The van der Waals surface area contributed by atoms with E-state index in [4.69, 9.17) is 16.4 Å². The van der Waals surface area contributed by atoms with Crippen molar-refractivity contribution in [1.82, 2.24) is 4.47 Å². The van der Waals surface area contributed by atoms with Crippen molar-refractivity contribution in [2.75, 3.05) is 19.5 Å². The lowest BCUT2D eigenvalue weighted by Crippen LogP contribution is -2.25. The first kappa shape index (κ1) is 19.1. The van der Waals surface area contributed by atoms with Gasteiger partial charge >= 0.3 is 0 Å². The molecule has 128 valence electrons. The summed E-state index contributed by atoms with van der Waals surface area (Å²) in [5.41, 5.74) is 0.911. The maximum Gasteiger partial charge on any atom is 0.264 e. The van der Waals surface area contributed by atoms with Gasteiger partial charge in [0, 0.05) is 21.3 Å². The topological polar surface area (TPSA) is 75.7 Å². The number of hydrogen-bond donors (Lipinski definition) is 1. The molecule has 0 saturated carbocycles. The van der Waals surface area contributed by atoms with E-state index >= 15 is 0 Å². The first-order valence-electron chi connectivity index (χ1n) is 6.65. The lowest BCUT2D eigenvalue weighted by Gasteiger charge is -2.14. The van der Waals surface area contributed by atoms with E-state index in [1.807, 2.05) is 22.6 Å². The number of hydrogen-bond acceptors (Lipinski definition) is 4.